The molecule has 0 radical (unpaired) electrons. The van der Waals surface area contributed by atoms with Gasteiger partial charge in [0.1, 0.15) is 0 Å². The summed E-state index contributed by atoms with van der Waals surface area (Å²) in [6.45, 7) is 9.31. The summed E-state index contributed by atoms with van der Waals surface area (Å²) in [6, 6.07) is 0. The highest BCUT2D eigenvalue weighted by atomic mass is 15.0. The van der Waals surface area contributed by atoms with Crippen molar-refractivity contribution in [2.75, 3.05) is 6.54 Å². The first-order chi connectivity index (χ1) is 4.70. The van der Waals surface area contributed by atoms with E-state index in [4.69, 9.17) is 0 Å². The summed E-state index contributed by atoms with van der Waals surface area (Å²) in [5.41, 5.74) is 2.51. The minimum Gasteiger partial charge on any atom is -0.381 e. The topological polar surface area (TPSA) is 12.0 Å². The maximum absolute atomic E-state index is 3.89. The van der Waals surface area contributed by atoms with Crippen LogP contribution in [-0.4, -0.2) is 6.54 Å². The maximum atomic E-state index is 3.89. The fourth-order valence-corrected chi connectivity index (χ4v) is 0.886. The molecule has 0 saturated carbocycles. The van der Waals surface area contributed by atoms with Crippen molar-refractivity contribution in [3.63, 3.8) is 0 Å². The second-order valence-electron chi connectivity index (χ2n) is 3.20. The van der Waals surface area contributed by atoms with E-state index in [9.17, 15) is 0 Å². The van der Waals surface area contributed by atoms with Crippen LogP contribution in [0.4, 0.5) is 0 Å². The molecule has 0 amide bonds. The largest absolute Gasteiger partial charge is 0.381 e. The third kappa shape index (κ3) is 1.63. The van der Waals surface area contributed by atoms with Gasteiger partial charge in [0.2, 0.25) is 0 Å². The Balaban J connectivity index is 2.33. The lowest BCUT2D eigenvalue weighted by Gasteiger charge is -2.23. The first-order valence-electron chi connectivity index (χ1n) is 3.82. The lowest BCUT2D eigenvalue weighted by Crippen LogP contribution is -2.30. The molecule has 0 aromatic heterocycles. The third-order valence-corrected chi connectivity index (χ3v) is 1.67. The molecule has 1 rings (SSSR count). The van der Waals surface area contributed by atoms with Crippen molar-refractivity contribution in [1.29, 1.82) is 0 Å². The van der Waals surface area contributed by atoms with Crippen LogP contribution in [0.25, 0.3) is 0 Å². The normalized spacial score (nSPS) is 21.1. The summed E-state index contributed by atoms with van der Waals surface area (Å²) in [7, 11) is 0. The average molecular weight is 137 g/mol. The molecule has 1 fully saturated rings. The van der Waals surface area contributed by atoms with E-state index in [1.165, 1.54) is 11.3 Å². The molecule has 1 aliphatic rings. The monoisotopic (exact) mass is 137 g/mol. The van der Waals surface area contributed by atoms with Gasteiger partial charge in [-0.25, -0.2) is 0 Å². The Labute approximate surface area is 62.8 Å². The molecular weight excluding hydrogens is 122 g/mol. The number of rotatable bonds is 2. The van der Waals surface area contributed by atoms with Crippen molar-refractivity contribution in [2.45, 2.75) is 20.3 Å². The van der Waals surface area contributed by atoms with Gasteiger partial charge < -0.3 is 5.32 Å². The van der Waals surface area contributed by atoms with Crippen molar-refractivity contribution in [3.8, 4) is 0 Å². The Bertz CT molecular complexity index is 166. The molecule has 1 aliphatic heterocycles. The van der Waals surface area contributed by atoms with E-state index in [0.29, 0.717) is 0 Å². The molecule has 0 unspecified atom stereocenters. The van der Waals surface area contributed by atoms with Crippen LogP contribution in [-0.2, 0) is 0 Å². The van der Waals surface area contributed by atoms with Crippen LogP contribution in [0.3, 0.4) is 0 Å². The van der Waals surface area contributed by atoms with Crippen molar-refractivity contribution >= 4 is 0 Å². The van der Waals surface area contributed by atoms with Crippen LogP contribution in [0, 0.1) is 5.92 Å². The summed E-state index contributed by atoms with van der Waals surface area (Å²) in [5, 5.41) is 3.21. The van der Waals surface area contributed by atoms with Gasteiger partial charge in [-0.3, -0.25) is 0 Å². The number of hydrogen-bond donors (Lipinski definition) is 1. The molecule has 1 saturated heterocycles. The van der Waals surface area contributed by atoms with Gasteiger partial charge in [-0.2, -0.15) is 0 Å². The van der Waals surface area contributed by atoms with Gasteiger partial charge in [0.15, 0.2) is 0 Å². The van der Waals surface area contributed by atoms with Crippen molar-refractivity contribution < 1.29 is 0 Å². The Kier molecular flexibility index (Phi) is 2.15. The molecule has 1 heterocycles. The second-order valence-corrected chi connectivity index (χ2v) is 3.20. The van der Waals surface area contributed by atoms with E-state index in [2.05, 4.69) is 31.8 Å². The van der Waals surface area contributed by atoms with Crippen molar-refractivity contribution in [2.24, 2.45) is 5.92 Å². The Morgan fingerprint density at radius 3 is 2.70 bits per heavy atom. The lowest BCUT2D eigenvalue weighted by atomic mass is 10.0. The van der Waals surface area contributed by atoms with E-state index in [1.807, 2.05) is 0 Å². The predicted molar refractivity (Wildman–Crippen MR) is 44.7 cm³/mol. The predicted octanol–water partition coefficient (Wildman–Crippen LogP) is 2.08. The third-order valence-electron chi connectivity index (χ3n) is 1.67. The Morgan fingerprint density at radius 1 is 1.70 bits per heavy atom. The summed E-state index contributed by atoms with van der Waals surface area (Å²) in [6.07, 6.45) is 3.39. The zero-order chi connectivity index (χ0) is 7.56. The molecule has 1 heteroatoms. The van der Waals surface area contributed by atoms with Crippen molar-refractivity contribution in [3.05, 3.63) is 23.9 Å². The van der Waals surface area contributed by atoms with E-state index >= 15 is 0 Å². The highest BCUT2D eigenvalue weighted by Crippen LogP contribution is 2.15. The number of allylic oxidation sites excluding steroid dienone is 1. The molecule has 0 spiro atoms. The highest BCUT2D eigenvalue weighted by Gasteiger charge is 2.10. The van der Waals surface area contributed by atoms with Gasteiger partial charge in [0.05, 0.1) is 0 Å². The van der Waals surface area contributed by atoms with Crippen LogP contribution in [0.1, 0.15) is 20.3 Å². The standard InChI is InChI=1S/C9H15N/c1-7(2)4-5-9-8(3)6-10-9/h5,7,10H,3-4,6H2,1-2H3/b9-5+. The fraction of sp³-hybridized carbons (Fsp3) is 0.556. The minimum absolute atomic E-state index is 0.752. The van der Waals surface area contributed by atoms with E-state index in [-0.39, 0.29) is 0 Å². The van der Waals surface area contributed by atoms with Gasteiger partial charge in [-0.15, -0.1) is 0 Å². The number of hydrogen-bond acceptors (Lipinski definition) is 1. The molecule has 1 nitrogen and oxygen atoms in total. The zero-order valence-corrected chi connectivity index (χ0v) is 6.78. The SMILES string of the molecule is C=C1CN/C1=C/CC(C)C. The molecule has 0 aromatic rings. The molecule has 56 valence electrons. The van der Waals surface area contributed by atoms with Gasteiger partial charge in [-0.1, -0.05) is 26.5 Å². The zero-order valence-electron chi connectivity index (χ0n) is 6.78. The molecule has 0 bridgehead atoms. The maximum Gasteiger partial charge on any atom is 0.0415 e. The first-order valence-corrected chi connectivity index (χ1v) is 3.82. The lowest BCUT2D eigenvalue weighted by molar-refractivity contribution is 0.649. The Hall–Kier alpha value is -0.720. The minimum atomic E-state index is 0.752. The van der Waals surface area contributed by atoms with E-state index < -0.39 is 0 Å². The number of nitrogens with one attached hydrogen (secondary N) is 1. The van der Waals surface area contributed by atoms with Crippen molar-refractivity contribution in [1.82, 2.24) is 5.32 Å². The molecule has 0 aromatic carbocycles. The smallest absolute Gasteiger partial charge is 0.0415 e. The van der Waals surface area contributed by atoms with Crippen LogP contribution >= 0.6 is 0 Å². The van der Waals surface area contributed by atoms with Gasteiger partial charge in [0, 0.05) is 12.2 Å². The summed E-state index contributed by atoms with van der Waals surface area (Å²) in [5.74, 6) is 0.752. The van der Waals surface area contributed by atoms with Crippen LogP contribution in [0.5, 0.6) is 0 Å². The second kappa shape index (κ2) is 2.91. The van der Waals surface area contributed by atoms with E-state index in [1.54, 1.807) is 0 Å². The van der Waals surface area contributed by atoms with Crippen LogP contribution in [0.15, 0.2) is 23.9 Å². The Morgan fingerprint density at radius 2 is 2.40 bits per heavy atom. The van der Waals surface area contributed by atoms with E-state index in [0.717, 1.165) is 18.9 Å². The van der Waals surface area contributed by atoms with Gasteiger partial charge in [-0.05, 0) is 17.9 Å². The summed E-state index contributed by atoms with van der Waals surface area (Å²) in [4.78, 5) is 0. The van der Waals surface area contributed by atoms with Crippen LogP contribution in [0.2, 0.25) is 0 Å². The van der Waals surface area contributed by atoms with Gasteiger partial charge >= 0.3 is 0 Å². The molecule has 10 heavy (non-hydrogen) atoms. The van der Waals surface area contributed by atoms with Gasteiger partial charge in [0.25, 0.3) is 0 Å². The molecule has 0 aliphatic carbocycles. The summed E-state index contributed by atoms with van der Waals surface area (Å²) >= 11 is 0. The fourth-order valence-electron chi connectivity index (χ4n) is 0.886. The first kappa shape index (κ1) is 7.39. The molecular formula is C9H15N. The molecule has 0 atom stereocenters. The summed E-state index contributed by atoms with van der Waals surface area (Å²) < 4.78 is 0. The quantitative estimate of drug-likeness (QED) is 0.614. The van der Waals surface area contributed by atoms with Crippen LogP contribution < -0.4 is 5.32 Å². The molecule has 1 N–H and O–H groups in total. The highest BCUT2D eigenvalue weighted by molar-refractivity contribution is 5.36. The average Bonchev–Trinajstić information content (AvgIpc) is 1.84.